The normalized spacial score (nSPS) is 11.0. The summed E-state index contributed by atoms with van der Waals surface area (Å²) in [6.07, 6.45) is 4.85. The Morgan fingerprint density at radius 3 is 2.80 bits per heavy atom. The molecule has 3 aromatic rings. The van der Waals surface area contributed by atoms with Gasteiger partial charge in [-0.1, -0.05) is 53.2 Å². The molecule has 1 amide bonds. The van der Waals surface area contributed by atoms with Crippen LogP contribution in [0.15, 0.2) is 60.8 Å². The maximum atomic E-state index is 12.1. The summed E-state index contributed by atoms with van der Waals surface area (Å²) in [5.41, 5.74) is 3.28. The fraction of sp³-hybridized carbons (Fsp3) is 0.105. The van der Waals surface area contributed by atoms with Crippen molar-refractivity contribution in [3.05, 3.63) is 82.6 Å². The minimum Gasteiger partial charge on any atom is -0.322 e. The fourth-order valence-electron chi connectivity index (χ4n) is 2.32. The molecule has 1 N–H and O–H groups in total. The lowest BCUT2D eigenvalue weighted by atomic mass is 10.2. The van der Waals surface area contributed by atoms with Crippen LogP contribution < -0.4 is 5.32 Å². The van der Waals surface area contributed by atoms with Crippen molar-refractivity contribution in [3.63, 3.8) is 0 Å². The molecule has 0 aliphatic heterocycles. The number of nitrogens with zero attached hydrogens (tertiary/aromatic N) is 3. The van der Waals surface area contributed by atoms with Crippen molar-refractivity contribution >= 4 is 29.3 Å². The topological polar surface area (TPSA) is 59.8 Å². The molecule has 0 bridgehead atoms. The van der Waals surface area contributed by atoms with Crippen molar-refractivity contribution < 1.29 is 4.79 Å². The van der Waals surface area contributed by atoms with Crippen LogP contribution >= 0.6 is 11.6 Å². The molecule has 0 fully saturated rings. The Balaban J connectivity index is 1.62. The highest BCUT2D eigenvalue weighted by molar-refractivity contribution is 6.31. The van der Waals surface area contributed by atoms with Gasteiger partial charge in [-0.2, -0.15) is 0 Å². The van der Waals surface area contributed by atoms with Crippen LogP contribution in [-0.4, -0.2) is 20.9 Å². The molecule has 25 heavy (non-hydrogen) atoms. The van der Waals surface area contributed by atoms with Crippen LogP contribution in [0.1, 0.15) is 16.8 Å². The van der Waals surface area contributed by atoms with Crippen molar-refractivity contribution in [2.45, 2.75) is 13.5 Å². The smallest absolute Gasteiger partial charge is 0.248 e. The largest absolute Gasteiger partial charge is 0.322 e. The van der Waals surface area contributed by atoms with Crippen LogP contribution in [-0.2, 0) is 11.3 Å². The fourth-order valence-corrected chi connectivity index (χ4v) is 2.49. The number of anilines is 1. The summed E-state index contributed by atoms with van der Waals surface area (Å²) in [6.45, 7) is 2.49. The van der Waals surface area contributed by atoms with E-state index < -0.39 is 0 Å². The van der Waals surface area contributed by atoms with Crippen molar-refractivity contribution in [1.29, 1.82) is 0 Å². The van der Waals surface area contributed by atoms with Gasteiger partial charge in [0.2, 0.25) is 5.91 Å². The van der Waals surface area contributed by atoms with Gasteiger partial charge in [0.1, 0.15) is 5.69 Å². The Labute approximate surface area is 150 Å². The van der Waals surface area contributed by atoms with E-state index in [-0.39, 0.29) is 5.91 Å². The molecular weight excluding hydrogens is 336 g/mol. The van der Waals surface area contributed by atoms with Crippen molar-refractivity contribution in [3.8, 4) is 0 Å². The van der Waals surface area contributed by atoms with E-state index in [1.54, 1.807) is 29.1 Å². The van der Waals surface area contributed by atoms with E-state index in [0.29, 0.717) is 22.9 Å². The Bertz CT molecular complexity index is 903. The number of hydrogen-bond donors (Lipinski definition) is 1. The molecule has 0 aliphatic rings. The van der Waals surface area contributed by atoms with Gasteiger partial charge in [0.25, 0.3) is 0 Å². The summed E-state index contributed by atoms with van der Waals surface area (Å²) < 4.78 is 1.73. The van der Waals surface area contributed by atoms with Crippen molar-refractivity contribution in [2.24, 2.45) is 0 Å². The summed E-state index contributed by atoms with van der Waals surface area (Å²) in [6, 6.07) is 15.4. The highest BCUT2D eigenvalue weighted by Gasteiger charge is 2.05. The molecule has 1 heterocycles. The van der Waals surface area contributed by atoms with E-state index in [4.69, 9.17) is 11.6 Å². The van der Waals surface area contributed by atoms with Crippen LogP contribution in [0.3, 0.4) is 0 Å². The second-order valence-corrected chi connectivity index (χ2v) is 5.97. The highest BCUT2D eigenvalue weighted by atomic mass is 35.5. The van der Waals surface area contributed by atoms with E-state index in [1.165, 1.54) is 6.08 Å². The SMILES string of the molecule is Cc1c(Cl)cccc1NC(=O)/C=C/c1cn(Cc2ccccc2)nn1. The molecule has 0 radical (unpaired) electrons. The van der Waals surface area contributed by atoms with E-state index >= 15 is 0 Å². The van der Waals surface area contributed by atoms with Crippen LogP contribution in [0.2, 0.25) is 5.02 Å². The van der Waals surface area contributed by atoms with Crippen LogP contribution in [0.25, 0.3) is 6.08 Å². The molecule has 6 heteroatoms. The third kappa shape index (κ3) is 4.55. The van der Waals surface area contributed by atoms with Gasteiger partial charge < -0.3 is 5.32 Å². The maximum Gasteiger partial charge on any atom is 0.248 e. The quantitative estimate of drug-likeness (QED) is 0.707. The number of aromatic nitrogens is 3. The summed E-state index contributed by atoms with van der Waals surface area (Å²) in [4.78, 5) is 12.1. The van der Waals surface area contributed by atoms with Crippen molar-refractivity contribution in [2.75, 3.05) is 5.32 Å². The zero-order valence-corrected chi connectivity index (χ0v) is 14.4. The van der Waals surface area contributed by atoms with E-state index in [0.717, 1.165) is 11.1 Å². The first-order chi connectivity index (χ1) is 12.1. The molecule has 0 atom stereocenters. The van der Waals surface area contributed by atoms with Gasteiger partial charge in [-0.05, 0) is 36.3 Å². The van der Waals surface area contributed by atoms with Crippen LogP contribution in [0.5, 0.6) is 0 Å². The number of hydrogen-bond acceptors (Lipinski definition) is 3. The number of carbonyl (C=O) groups excluding carboxylic acids is 1. The number of rotatable bonds is 5. The van der Waals surface area contributed by atoms with Crippen LogP contribution in [0, 0.1) is 6.92 Å². The van der Waals surface area contributed by atoms with E-state index in [9.17, 15) is 4.79 Å². The maximum absolute atomic E-state index is 12.1. The zero-order chi connectivity index (χ0) is 17.6. The van der Waals surface area contributed by atoms with E-state index in [2.05, 4.69) is 15.6 Å². The van der Waals surface area contributed by atoms with Gasteiger partial charge in [-0.25, -0.2) is 4.68 Å². The molecule has 0 saturated heterocycles. The first-order valence-corrected chi connectivity index (χ1v) is 8.18. The first-order valence-electron chi connectivity index (χ1n) is 7.80. The third-order valence-corrected chi connectivity index (χ3v) is 4.08. The number of nitrogens with one attached hydrogen (secondary N) is 1. The van der Waals surface area contributed by atoms with Gasteiger partial charge in [0.05, 0.1) is 12.7 Å². The monoisotopic (exact) mass is 352 g/mol. The second kappa shape index (κ2) is 7.77. The average Bonchev–Trinajstić information content (AvgIpc) is 3.05. The Morgan fingerprint density at radius 1 is 1.20 bits per heavy atom. The molecule has 0 unspecified atom stereocenters. The number of amides is 1. The van der Waals surface area contributed by atoms with E-state index in [1.807, 2.05) is 43.3 Å². The molecule has 2 aromatic carbocycles. The van der Waals surface area contributed by atoms with Gasteiger partial charge >= 0.3 is 0 Å². The Hall–Kier alpha value is -2.92. The molecule has 3 rings (SSSR count). The zero-order valence-electron chi connectivity index (χ0n) is 13.7. The molecule has 1 aromatic heterocycles. The second-order valence-electron chi connectivity index (χ2n) is 5.56. The number of halogens is 1. The summed E-state index contributed by atoms with van der Waals surface area (Å²) in [7, 11) is 0. The lowest BCUT2D eigenvalue weighted by Crippen LogP contribution is -2.08. The average molecular weight is 353 g/mol. The van der Waals surface area contributed by atoms with Gasteiger partial charge in [0, 0.05) is 16.8 Å². The molecular formula is C19H17ClN4O. The molecule has 5 nitrogen and oxygen atoms in total. The molecule has 0 spiro atoms. The Morgan fingerprint density at radius 2 is 2.00 bits per heavy atom. The summed E-state index contributed by atoms with van der Waals surface area (Å²) >= 11 is 6.05. The number of benzene rings is 2. The van der Waals surface area contributed by atoms with Gasteiger partial charge in [-0.15, -0.1) is 5.10 Å². The molecule has 0 aliphatic carbocycles. The molecule has 126 valence electrons. The standard InChI is InChI=1S/C19H17ClN4O/c1-14-17(20)8-5-9-18(14)21-19(25)11-10-16-13-24(23-22-16)12-15-6-3-2-4-7-15/h2-11,13H,12H2,1H3,(H,21,25)/b11-10+. The number of carbonyl (C=O) groups is 1. The summed E-state index contributed by atoms with van der Waals surface area (Å²) in [5.74, 6) is -0.247. The highest BCUT2D eigenvalue weighted by Crippen LogP contribution is 2.22. The third-order valence-electron chi connectivity index (χ3n) is 3.67. The van der Waals surface area contributed by atoms with Crippen LogP contribution in [0.4, 0.5) is 5.69 Å². The first kappa shape index (κ1) is 16.9. The Kier molecular flexibility index (Phi) is 5.26. The van der Waals surface area contributed by atoms with Crippen molar-refractivity contribution in [1.82, 2.24) is 15.0 Å². The lowest BCUT2D eigenvalue weighted by molar-refractivity contribution is -0.111. The molecule has 0 saturated carbocycles. The predicted octanol–water partition coefficient (Wildman–Crippen LogP) is 3.94. The lowest BCUT2D eigenvalue weighted by Gasteiger charge is -2.07. The predicted molar refractivity (Wildman–Crippen MR) is 99.4 cm³/mol. The summed E-state index contributed by atoms with van der Waals surface area (Å²) in [5, 5.41) is 11.5. The van der Waals surface area contributed by atoms with Gasteiger partial charge in [-0.3, -0.25) is 4.79 Å². The minimum atomic E-state index is -0.247. The van der Waals surface area contributed by atoms with Gasteiger partial charge in [0.15, 0.2) is 0 Å². The minimum absolute atomic E-state index is 0.247.